The zero-order valence-electron chi connectivity index (χ0n) is 10.7. The number of anilines is 1. The number of piperazine rings is 1. The molecule has 2 aliphatic rings. The summed E-state index contributed by atoms with van der Waals surface area (Å²) in [5, 5.41) is 3.52. The first-order valence-corrected chi connectivity index (χ1v) is 6.94. The maximum atomic E-state index is 3.52. The van der Waals surface area contributed by atoms with Crippen LogP contribution in [0.3, 0.4) is 0 Å². The topological polar surface area (TPSA) is 15.3 Å². The normalized spacial score (nSPS) is 24.5. The first kappa shape index (κ1) is 11.1. The number of benzene rings is 1. The summed E-state index contributed by atoms with van der Waals surface area (Å²) in [6.45, 7) is 5.70. The third kappa shape index (κ3) is 2.19. The van der Waals surface area contributed by atoms with Gasteiger partial charge in [-0.1, -0.05) is 12.1 Å². The van der Waals surface area contributed by atoms with Crippen LogP contribution in [-0.4, -0.2) is 25.7 Å². The molecule has 1 aromatic rings. The molecule has 1 aliphatic heterocycles. The van der Waals surface area contributed by atoms with Gasteiger partial charge in [0.15, 0.2) is 0 Å². The number of nitrogens with zero attached hydrogens (tertiary/aromatic N) is 1. The molecule has 0 aromatic heterocycles. The number of hydrogen-bond donors (Lipinski definition) is 1. The van der Waals surface area contributed by atoms with E-state index in [-0.39, 0.29) is 0 Å². The highest BCUT2D eigenvalue weighted by atomic mass is 15.2. The summed E-state index contributed by atoms with van der Waals surface area (Å²) in [5.41, 5.74) is 4.74. The van der Waals surface area contributed by atoms with Gasteiger partial charge < -0.3 is 10.2 Å². The van der Waals surface area contributed by atoms with Crippen LogP contribution in [0.5, 0.6) is 0 Å². The van der Waals surface area contributed by atoms with Gasteiger partial charge in [-0.25, -0.2) is 0 Å². The van der Waals surface area contributed by atoms with Crippen LogP contribution in [0.1, 0.15) is 30.9 Å². The Kier molecular flexibility index (Phi) is 3.06. The molecule has 92 valence electrons. The van der Waals surface area contributed by atoms with Gasteiger partial charge in [0, 0.05) is 31.4 Å². The number of fused-ring (bicyclic) bond motifs is 1. The highest BCUT2D eigenvalue weighted by Gasteiger charge is 2.20. The Morgan fingerprint density at radius 2 is 2.12 bits per heavy atom. The lowest BCUT2D eigenvalue weighted by molar-refractivity contribution is 0.483. The van der Waals surface area contributed by atoms with Gasteiger partial charge in [0.05, 0.1) is 0 Å². The van der Waals surface area contributed by atoms with Gasteiger partial charge >= 0.3 is 0 Å². The Balaban J connectivity index is 1.91. The van der Waals surface area contributed by atoms with Crippen molar-refractivity contribution in [2.75, 3.05) is 24.5 Å². The van der Waals surface area contributed by atoms with E-state index in [1.807, 2.05) is 0 Å². The summed E-state index contributed by atoms with van der Waals surface area (Å²) in [7, 11) is 0. The third-order valence-corrected chi connectivity index (χ3v) is 4.08. The van der Waals surface area contributed by atoms with Crippen LogP contribution in [-0.2, 0) is 12.8 Å². The highest BCUT2D eigenvalue weighted by molar-refractivity contribution is 5.58. The molecule has 2 heteroatoms. The zero-order chi connectivity index (χ0) is 11.7. The molecule has 1 aliphatic carbocycles. The fraction of sp³-hybridized carbons (Fsp3) is 0.600. The van der Waals surface area contributed by atoms with Crippen molar-refractivity contribution < 1.29 is 0 Å². The van der Waals surface area contributed by atoms with E-state index in [2.05, 4.69) is 35.3 Å². The predicted molar refractivity (Wildman–Crippen MR) is 72.8 cm³/mol. The van der Waals surface area contributed by atoms with Crippen molar-refractivity contribution in [3.8, 4) is 0 Å². The second-order valence-corrected chi connectivity index (χ2v) is 5.42. The fourth-order valence-corrected chi connectivity index (χ4v) is 3.21. The summed E-state index contributed by atoms with van der Waals surface area (Å²) in [6, 6.07) is 7.50. The minimum Gasteiger partial charge on any atom is -0.368 e. The minimum atomic E-state index is 0.614. The lowest BCUT2D eigenvalue weighted by atomic mass is 9.90. The summed E-state index contributed by atoms with van der Waals surface area (Å²) < 4.78 is 0. The van der Waals surface area contributed by atoms with Gasteiger partial charge in [-0.05, 0) is 49.8 Å². The van der Waals surface area contributed by atoms with Gasteiger partial charge in [0.25, 0.3) is 0 Å². The average Bonchev–Trinajstić information content (AvgIpc) is 2.38. The molecule has 1 N–H and O–H groups in total. The molecule has 1 saturated heterocycles. The Morgan fingerprint density at radius 3 is 3.00 bits per heavy atom. The Labute approximate surface area is 104 Å². The molecule has 2 nitrogen and oxygen atoms in total. The monoisotopic (exact) mass is 230 g/mol. The Morgan fingerprint density at radius 1 is 1.24 bits per heavy atom. The van der Waals surface area contributed by atoms with E-state index in [0.717, 1.165) is 19.6 Å². The van der Waals surface area contributed by atoms with E-state index in [9.17, 15) is 0 Å². The SMILES string of the molecule is CC1CN(c2cccc3c2CCCC3)CCN1. The second-order valence-electron chi connectivity index (χ2n) is 5.42. The van der Waals surface area contributed by atoms with Crippen molar-refractivity contribution in [3.05, 3.63) is 29.3 Å². The molecule has 0 spiro atoms. The molecule has 1 heterocycles. The van der Waals surface area contributed by atoms with Crippen LogP contribution in [0.25, 0.3) is 0 Å². The van der Waals surface area contributed by atoms with Crippen molar-refractivity contribution >= 4 is 5.69 Å². The fourth-order valence-electron chi connectivity index (χ4n) is 3.21. The Hall–Kier alpha value is -1.02. The maximum absolute atomic E-state index is 3.52. The summed E-state index contributed by atoms with van der Waals surface area (Å²) in [4.78, 5) is 2.57. The number of aryl methyl sites for hydroxylation is 1. The van der Waals surface area contributed by atoms with Crippen molar-refractivity contribution in [3.63, 3.8) is 0 Å². The third-order valence-electron chi connectivity index (χ3n) is 4.08. The first-order chi connectivity index (χ1) is 8.34. The molecule has 1 fully saturated rings. The smallest absolute Gasteiger partial charge is 0.0402 e. The van der Waals surface area contributed by atoms with E-state index >= 15 is 0 Å². The van der Waals surface area contributed by atoms with Crippen LogP contribution < -0.4 is 10.2 Å². The molecule has 3 rings (SSSR count). The molecule has 1 unspecified atom stereocenters. The number of rotatable bonds is 1. The Bertz CT molecular complexity index is 400. The standard InChI is InChI=1S/C15H22N2/c1-12-11-17(10-9-16-12)15-8-4-6-13-5-2-3-7-14(13)15/h4,6,8,12,16H,2-3,5,7,9-11H2,1H3. The van der Waals surface area contributed by atoms with Gasteiger partial charge in [-0.2, -0.15) is 0 Å². The van der Waals surface area contributed by atoms with Crippen LogP contribution in [0.2, 0.25) is 0 Å². The quantitative estimate of drug-likeness (QED) is 0.797. The van der Waals surface area contributed by atoms with Gasteiger partial charge in [-0.15, -0.1) is 0 Å². The van der Waals surface area contributed by atoms with Crippen molar-refractivity contribution in [2.45, 2.75) is 38.6 Å². The largest absolute Gasteiger partial charge is 0.368 e. The molecule has 0 saturated carbocycles. The van der Waals surface area contributed by atoms with Crippen molar-refractivity contribution in [1.29, 1.82) is 0 Å². The molecular weight excluding hydrogens is 208 g/mol. The number of nitrogens with one attached hydrogen (secondary N) is 1. The van der Waals surface area contributed by atoms with E-state index < -0.39 is 0 Å². The minimum absolute atomic E-state index is 0.614. The van der Waals surface area contributed by atoms with E-state index in [1.165, 1.54) is 31.4 Å². The van der Waals surface area contributed by atoms with Gasteiger partial charge in [0.1, 0.15) is 0 Å². The van der Waals surface area contributed by atoms with E-state index in [0.29, 0.717) is 6.04 Å². The molecule has 0 amide bonds. The molecule has 0 bridgehead atoms. The van der Waals surface area contributed by atoms with Gasteiger partial charge in [0.2, 0.25) is 0 Å². The summed E-state index contributed by atoms with van der Waals surface area (Å²) >= 11 is 0. The molecular formula is C15H22N2. The molecule has 1 atom stereocenters. The van der Waals surface area contributed by atoms with Crippen LogP contribution in [0.4, 0.5) is 5.69 Å². The van der Waals surface area contributed by atoms with Crippen molar-refractivity contribution in [1.82, 2.24) is 5.32 Å². The summed E-state index contributed by atoms with van der Waals surface area (Å²) in [5.74, 6) is 0. The summed E-state index contributed by atoms with van der Waals surface area (Å²) in [6.07, 6.45) is 5.30. The number of hydrogen-bond acceptors (Lipinski definition) is 2. The molecule has 0 radical (unpaired) electrons. The van der Waals surface area contributed by atoms with Gasteiger partial charge in [-0.3, -0.25) is 0 Å². The van der Waals surface area contributed by atoms with E-state index in [1.54, 1.807) is 11.1 Å². The second kappa shape index (κ2) is 4.69. The van der Waals surface area contributed by atoms with Crippen molar-refractivity contribution in [2.24, 2.45) is 0 Å². The van der Waals surface area contributed by atoms with Crippen LogP contribution in [0.15, 0.2) is 18.2 Å². The predicted octanol–water partition coefficient (Wildman–Crippen LogP) is 2.36. The van der Waals surface area contributed by atoms with Crippen LogP contribution >= 0.6 is 0 Å². The average molecular weight is 230 g/mol. The maximum Gasteiger partial charge on any atom is 0.0402 e. The molecule has 17 heavy (non-hydrogen) atoms. The van der Waals surface area contributed by atoms with Crippen LogP contribution in [0, 0.1) is 0 Å². The molecule has 1 aromatic carbocycles. The lowest BCUT2D eigenvalue weighted by Gasteiger charge is -2.36. The van der Waals surface area contributed by atoms with E-state index in [4.69, 9.17) is 0 Å². The highest BCUT2D eigenvalue weighted by Crippen LogP contribution is 2.30. The first-order valence-electron chi connectivity index (χ1n) is 6.94. The zero-order valence-corrected chi connectivity index (χ0v) is 10.7. The lowest BCUT2D eigenvalue weighted by Crippen LogP contribution is -2.49.